The molecule has 4 unspecified atom stereocenters. The molecule has 4 aromatic heterocycles. The van der Waals surface area contributed by atoms with Crippen molar-refractivity contribution in [2.24, 2.45) is 0 Å². The number of phosphoric ester groups is 2. The first-order valence-electron chi connectivity index (χ1n) is 14.6. The predicted octanol–water partition coefficient (Wildman–Crippen LogP) is -4.44. The van der Waals surface area contributed by atoms with E-state index >= 15 is 0 Å². The maximum Gasteiger partial charge on any atom is 0.490 e. The van der Waals surface area contributed by atoms with Crippen LogP contribution in [0, 0.1) is 0 Å². The Kier molecular flexibility index (Phi) is 11.1. The fourth-order valence-corrected chi connectivity index (χ4v) is 10.2. The Morgan fingerprint density at radius 2 is 0.927 bits per heavy atom. The summed E-state index contributed by atoms with van der Waals surface area (Å²) in [6.45, 7) is -2.42. The average Bonchev–Trinajstić information content (AvgIpc) is 3.79. The van der Waals surface area contributed by atoms with Crippen LogP contribution in [0.1, 0.15) is 12.5 Å². The van der Waals surface area contributed by atoms with E-state index in [1.165, 1.54) is 0 Å². The monoisotopic (exact) mass is 870 g/mol. The molecule has 2 saturated heterocycles. The molecule has 0 radical (unpaired) electrons. The molecule has 12 atom stereocenters. The minimum absolute atomic E-state index is 0.259. The third kappa shape index (κ3) is 8.80. The van der Waals surface area contributed by atoms with Gasteiger partial charge >= 0.3 is 42.7 Å². The molecule has 0 amide bonds. The summed E-state index contributed by atoms with van der Waals surface area (Å²) in [5.41, 5.74) is -4.89. The van der Waals surface area contributed by atoms with Crippen molar-refractivity contribution in [2.75, 3.05) is 13.2 Å². The van der Waals surface area contributed by atoms with E-state index in [1.807, 2.05) is 9.97 Å². The van der Waals surface area contributed by atoms with Crippen LogP contribution in [0.15, 0.2) is 31.8 Å². The van der Waals surface area contributed by atoms with Gasteiger partial charge in [0.2, 0.25) is 0 Å². The number of aromatic nitrogens is 8. The van der Waals surface area contributed by atoms with Crippen LogP contribution in [0.3, 0.4) is 0 Å². The third-order valence-corrected chi connectivity index (χ3v) is 13.5. The standard InChI is InChI=1S/C20H26N8O23P4/c29-9-5(47-17(11(9)31)27-3-21-7-13(27)23-19(35)25-15(7)33)1-45-52(37,38)49-54(41,42)51-55(43,44)50-53(39,40)46-2-6-10(30)12(32)18(48-6)28-4-22-8-14(28)24-20(36)26-16(8)34/h3-6,9-12,17-18,29-32H,1-2H2,(H,37,38)(H,39,40)(H,41,42)(H,43,44)(H2,23,25,33,35)(H2,24,26,34,36)/t5-,6-,9+,10+,11-,12-,17-,18-/m1/s1. The maximum atomic E-state index is 12.4. The summed E-state index contributed by atoms with van der Waals surface area (Å²) in [6.07, 6.45) is -12.4. The second-order valence-corrected chi connectivity index (χ2v) is 17.5. The van der Waals surface area contributed by atoms with Gasteiger partial charge in [0.25, 0.3) is 11.1 Å². The van der Waals surface area contributed by atoms with E-state index in [4.69, 9.17) is 9.47 Å². The van der Waals surface area contributed by atoms with Crippen LogP contribution in [0.4, 0.5) is 0 Å². The maximum absolute atomic E-state index is 12.4. The molecule has 304 valence electrons. The molecule has 2 aliphatic heterocycles. The highest BCUT2D eigenvalue weighted by atomic mass is 31.3. The molecule has 55 heavy (non-hydrogen) atoms. The first-order chi connectivity index (χ1) is 25.5. The number of aliphatic hydroxyl groups excluding tert-OH is 4. The van der Waals surface area contributed by atoms with Gasteiger partial charge in [-0.3, -0.25) is 47.7 Å². The highest BCUT2D eigenvalue weighted by Gasteiger charge is 2.50. The molecule has 35 heteroatoms. The van der Waals surface area contributed by atoms with E-state index in [9.17, 15) is 77.4 Å². The van der Waals surface area contributed by atoms with Crippen molar-refractivity contribution < 1.29 is 89.7 Å². The summed E-state index contributed by atoms with van der Waals surface area (Å²) >= 11 is 0. The smallest absolute Gasteiger partial charge is 0.387 e. The lowest BCUT2D eigenvalue weighted by Crippen LogP contribution is -2.33. The van der Waals surface area contributed by atoms with Gasteiger partial charge in [-0.25, -0.2) is 37.8 Å². The zero-order valence-electron chi connectivity index (χ0n) is 26.5. The minimum atomic E-state index is -6.27. The molecule has 0 bridgehead atoms. The summed E-state index contributed by atoms with van der Waals surface area (Å²) in [4.78, 5) is 103. The van der Waals surface area contributed by atoms with Crippen molar-refractivity contribution in [3.8, 4) is 0 Å². The number of aliphatic hydroxyl groups is 4. The van der Waals surface area contributed by atoms with E-state index in [1.54, 1.807) is 0 Å². The Hall–Kier alpha value is -3.38. The molecule has 0 saturated carbocycles. The topological polar surface area (TPSA) is 462 Å². The largest absolute Gasteiger partial charge is 0.490 e. The molecule has 2 fully saturated rings. The van der Waals surface area contributed by atoms with Crippen LogP contribution in [-0.2, 0) is 49.7 Å². The number of phosphoric acid groups is 4. The van der Waals surface area contributed by atoms with Gasteiger partial charge in [0.1, 0.15) is 47.9 Å². The lowest BCUT2D eigenvalue weighted by atomic mass is 10.1. The van der Waals surface area contributed by atoms with E-state index in [-0.39, 0.29) is 22.3 Å². The number of aromatic amines is 4. The van der Waals surface area contributed by atoms with Crippen molar-refractivity contribution >= 4 is 53.6 Å². The fraction of sp³-hybridized carbons (Fsp3) is 0.500. The first-order valence-corrected chi connectivity index (χ1v) is 20.6. The zero-order valence-corrected chi connectivity index (χ0v) is 30.0. The molecule has 4 aromatic rings. The van der Waals surface area contributed by atoms with Crippen LogP contribution >= 0.6 is 31.3 Å². The van der Waals surface area contributed by atoms with Crippen LogP contribution in [0.2, 0.25) is 0 Å². The first kappa shape index (κ1) is 41.3. The number of nitrogens with one attached hydrogen (secondary N) is 4. The van der Waals surface area contributed by atoms with Crippen molar-refractivity contribution in [1.82, 2.24) is 39.0 Å². The summed E-state index contributed by atoms with van der Waals surface area (Å²) in [7, 11) is -24.3. The molecule has 6 rings (SSSR count). The number of rotatable bonds is 14. The highest BCUT2D eigenvalue weighted by Crippen LogP contribution is 2.71. The Morgan fingerprint density at radius 3 is 1.29 bits per heavy atom. The molecular weight excluding hydrogens is 844 g/mol. The predicted molar refractivity (Wildman–Crippen MR) is 168 cm³/mol. The van der Waals surface area contributed by atoms with Gasteiger partial charge in [0.05, 0.1) is 25.9 Å². The van der Waals surface area contributed by atoms with E-state index in [0.29, 0.717) is 0 Å². The second-order valence-electron chi connectivity index (χ2n) is 11.3. The van der Waals surface area contributed by atoms with Gasteiger partial charge in [0, 0.05) is 0 Å². The van der Waals surface area contributed by atoms with Crippen molar-refractivity contribution in [3.63, 3.8) is 0 Å². The molecular formula is C20H26N8O23P4. The Labute approximate surface area is 299 Å². The van der Waals surface area contributed by atoms with Gasteiger partial charge in [-0.2, -0.15) is 12.9 Å². The Balaban J connectivity index is 1.03. The van der Waals surface area contributed by atoms with Crippen molar-refractivity contribution in [2.45, 2.75) is 49.1 Å². The molecule has 0 spiro atoms. The van der Waals surface area contributed by atoms with Gasteiger partial charge in [-0.1, -0.05) is 0 Å². The van der Waals surface area contributed by atoms with Crippen LogP contribution in [0.5, 0.6) is 0 Å². The number of ether oxygens (including phenoxy) is 2. The lowest BCUT2D eigenvalue weighted by molar-refractivity contribution is -0.0505. The molecule has 12 N–H and O–H groups in total. The molecule has 0 aliphatic carbocycles. The number of hydrogen-bond acceptors (Lipinski definition) is 21. The molecule has 31 nitrogen and oxygen atoms in total. The number of hydrogen-bond donors (Lipinski definition) is 12. The van der Waals surface area contributed by atoms with E-state index < -0.39 is 116 Å². The zero-order chi connectivity index (χ0) is 40.4. The van der Waals surface area contributed by atoms with Crippen LogP contribution < -0.4 is 22.5 Å². The Morgan fingerprint density at radius 1 is 0.582 bits per heavy atom. The second kappa shape index (κ2) is 14.8. The third-order valence-electron chi connectivity index (χ3n) is 7.58. The minimum Gasteiger partial charge on any atom is -0.387 e. The number of imidazole rings is 2. The fourth-order valence-electron chi connectivity index (χ4n) is 5.29. The lowest BCUT2D eigenvalue weighted by Gasteiger charge is -2.21. The van der Waals surface area contributed by atoms with Gasteiger partial charge in [0.15, 0.2) is 23.5 Å². The SMILES string of the molecule is O=c1[nH]c(=O)c2ncn([C@@H]3O[C@H](COP(=O)(O)OP(=O)(O)OP(=O)(O)OP(=O)(O)OC[C@H]4O[C@@H](n5cnc6c(=O)[nH]c(=O)[nH]c65)[C@H](O)[C@H]4O)[C@H](O)[C@H]3O)c2[nH]1. The van der Waals surface area contributed by atoms with Crippen molar-refractivity contribution in [1.29, 1.82) is 0 Å². The summed E-state index contributed by atoms with van der Waals surface area (Å²) in [5, 5.41) is 41.7. The van der Waals surface area contributed by atoms with Crippen LogP contribution in [-0.4, -0.2) is 129 Å². The summed E-state index contributed by atoms with van der Waals surface area (Å²) in [6, 6.07) is 0. The van der Waals surface area contributed by atoms with Gasteiger partial charge in [-0.15, -0.1) is 0 Å². The Bertz CT molecular complexity index is 2370. The van der Waals surface area contributed by atoms with Gasteiger partial charge in [-0.05, 0) is 0 Å². The molecule has 0 aromatic carbocycles. The van der Waals surface area contributed by atoms with E-state index in [0.717, 1.165) is 21.8 Å². The molecule has 2 aliphatic rings. The van der Waals surface area contributed by atoms with Crippen molar-refractivity contribution in [3.05, 3.63) is 54.3 Å². The van der Waals surface area contributed by atoms with Crippen LogP contribution in [0.25, 0.3) is 22.3 Å². The normalized spacial score (nSPS) is 30.3. The van der Waals surface area contributed by atoms with E-state index in [2.05, 4.69) is 41.9 Å². The van der Waals surface area contributed by atoms with Gasteiger partial charge < -0.3 is 49.5 Å². The highest BCUT2D eigenvalue weighted by molar-refractivity contribution is 7.69. The number of nitrogens with zero attached hydrogens (tertiary/aromatic N) is 4. The number of H-pyrrole nitrogens is 4. The average molecular weight is 870 g/mol. The molecule has 6 heterocycles. The summed E-state index contributed by atoms with van der Waals surface area (Å²) in [5.74, 6) is 0. The number of fused-ring (bicyclic) bond motifs is 2. The quantitative estimate of drug-likeness (QED) is 0.0532. The summed E-state index contributed by atoms with van der Waals surface area (Å²) < 4.78 is 82.4.